The number of rotatable bonds is 5. The number of Topliss-reactive ketones (excluding diaryl/α,β-unsaturated/α-hetero) is 1. The molecule has 1 rings (SSSR count). The van der Waals surface area contributed by atoms with Gasteiger partial charge in [0, 0.05) is 11.6 Å². The van der Waals surface area contributed by atoms with Crippen LogP contribution in [0.4, 0.5) is 0 Å². The van der Waals surface area contributed by atoms with Gasteiger partial charge in [-0.3, -0.25) is 19.0 Å². The van der Waals surface area contributed by atoms with Crippen molar-refractivity contribution in [1.29, 1.82) is 0 Å². The van der Waals surface area contributed by atoms with Gasteiger partial charge in [-0.05, 0) is 20.8 Å². The summed E-state index contributed by atoms with van der Waals surface area (Å²) in [6.45, 7) is 4.82. The normalized spacial score (nSPS) is 11.2. The summed E-state index contributed by atoms with van der Waals surface area (Å²) in [6, 6.07) is 0. The number of ether oxygens (including phenoxy) is 1. The van der Waals surface area contributed by atoms with Crippen molar-refractivity contribution in [2.24, 2.45) is 5.41 Å². The zero-order valence-electron chi connectivity index (χ0n) is 10.1. The standard InChI is InChI=1S/C11H15NO4S/c1-4-16-9(14)11(2,3)8(13)7-12-5-6-17-10(12)15/h5-6H,4,7H2,1-3H3. The van der Waals surface area contributed by atoms with Crippen molar-refractivity contribution in [3.8, 4) is 0 Å². The van der Waals surface area contributed by atoms with Crippen LogP contribution in [0.5, 0.6) is 0 Å². The Kier molecular flexibility index (Phi) is 4.22. The summed E-state index contributed by atoms with van der Waals surface area (Å²) >= 11 is 1.01. The smallest absolute Gasteiger partial charge is 0.319 e. The van der Waals surface area contributed by atoms with Crippen LogP contribution in [-0.4, -0.2) is 22.9 Å². The van der Waals surface area contributed by atoms with Crippen molar-refractivity contribution in [2.45, 2.75) is 27.3 Å². The van der Waals surface area contributed by atoms with Gasteiger partial charge in [-0.25, -0.2) is 0 Å². The van der Waals surface area contributed by atoms with Crippen molar-refractivity contribution in [3.63, 3.8) is 0 Å². The maximum Gasteiger partial charge on any atom is 0.319 e. The van der Waals surface area contributed by atoms with Gasteiger partial charge in [0.25, 0.3) is 0 Å². The minimum Gasteiger partial charge on any atom is -0.465 e. The Morgan fingerprint density at radius 3 is 2.59 bits per heavy atom. The first-order chi connectivity index (χ1) is 7.89. The third kappa shape index (κ3) is 3.03. The number of hydrogen-bond donors (Lipinski definition) is 0. The highest BCUT2D eigenvalue weighted by Crippen LogP contribution is 2.19. The molecular weight excluding hydrogens is 242 g/mol. The monoisotopic (exact) mass is 257 g/mol. The number of nitrogens with zero attached hydrogens (tertiary/aromatic N) is 1. The molecule has 17 heavy (non-hydrogen) atoms. The summed E-state index contributed by atoms with van der Waals surface area (Å²) < 4.78 is 6.12. The predicted octanol–water partition coefficient (Wildman–Crippen LogP) is 1.07. The van der Waals surface area contributed by atoms with E-state index < -0.39 is 11.4 Å². The molecule has 0 amide bonds. The predicted molar refractivity (Wildman–Crippen MR) is 64.0 cm³/mol. The molecule has 0 aliphatic rings. The topological polar surface area (TPSA) is 65.4 Å². The Labute approximate surface area is 103 Å². The largest absolute Gasteiger partial charge is 0.465 e. The molecule has 6 heteroatoms. The van der Waals surface area contributed by atoms with E-state index in [0.717, 1.165) is 11.3 Å². The maximum atomic E-state index is 11.9. The van der Waals surface area contributed by atoms with Crippen LogP contribution in [0.25, 0.3) is 0 Å². The molecule has 0 saturated heterocycles. The van der Waals surface area contributed by atoms with E-state index in [-0.39, 0.29) is 23.8 Å². The Morgan fingerprint density at radius 1 is 1.47 bits per heavy atom. The van der Waals surface area contributed by atoms with Gasteiger partial charge in [0.05, 0.1) is 13.2 Å². The van der Waals surface area contributed by atoms with Gasteiger partial charge < -0.3 is 4.74 Å². The van der Waals surface area contributed by atoms with Crippen molar-refractivity contribution >= 4 is 23.1 Å². The highest BCUT2D eigenvalue weighted by Gasteiger charge is 2.37. The van der Waals surface area contributed by atoms with Gasteiger partial charge in [0.2, 0.25) is 0 Å². The molecule has 0 spiro atoms. The lowest BCUT2D eigenvalue weighted by atomic mass is 9.88. The maximum absolute atomic E-state index is 11.9. The molecule has 1 aromatic heterocycles. The van der Waals surface area contributed by atoms with Gasteiger partial charge in [-0.15, -0.1) is 0 Å². The lowest BCUT2D eigenvalue weighted by Crippen LogP contribution is -2.38. The number of carbonyl (C=O) groups is 2. The van der Waals surface area contributed by atoms with Crippen molar-refractivity contribution < 1.29 is 14.3 Å². The van der Waals surface area contributed by atoms with Crippen LogP contribution in [0.2, 0.25) is 0 Å². The molecule has 0 radical (unpaired) electrons. The van der Waals surface area contributed by atoms with Crippen LogP contribution in [0, 0.1) is 5.41 Å². The number of hydrogen-bond acceptors (Lipinski definition) is 5. The summed E-state index contributed by atoms with van der Waals surface area (Å²) in [6.07, 6.45) is 1.53. The van der Waals surface area contributed by atoms with E-state index >= 15 is 0 Å². The highest BCUT2D eigenvalue weighted by molar-refractivity contribution is 7.07. The number of carbonyl (C=O) groups excluding carboxylic acids is 2. The van der Waals surface area contributed by atoms with E-state index in [2.05, 4.69) is 0 Å². The average molecular weight is 257 g/mol. The first kappa shape index (κ1) is 13.6. The number of aromatic nitrogens is 1. The van der Waals surface area contributed by atoms with Crippen LogP contribution in [0.3, 0.4) is 0 Å². The van der Waals surface area contributed by atoms with Crippen molar-refractivity contribution in [2.75, 3.05) is 6.61 Å². The molecule has 0 fully saturated rings. The second-order valence-corrected chi connectivity index (χ2v) is 4.92. The molecule has 0 aliphatic carbocycles. The molecule has 1 heterocycles. The Bertz CT molecular complexity index is 472. The second kappa shape index (κ2) is 5.27. The van der Waals surface area contributed by atoms with Crippen LogP contribution in [0.1, 0.15) is 20.8 Å². The lowest BCUT2D eigenvalue weighted by molar-refractivity contribution is -0.158. The number of ketones is 1. The molecule has 5 nitrogen and oxygen atoms in total. The van der Waals surface area contributed by atoms with E-state index in [1.807, 2.05) is 0 Å². The van der Waals surface area contributed by atoms with Gasteiger partial charge in [0.15, 0.2) is 5.78 Å². The SMILES string of the molecule is CCOC(=O)C(C)(C)C(=O)Cn1ccsc1=O. The zero-order valence-corrected chi connectivity index (χ0v) is 10.9. The molecule has 94 valence electrons. The molecule has 0 aromatic carbocycles. The van der Waals surface area contributed by atoms with Crippen LogP contribution in [0.15, 0.2) is 16.4 Å². The number of esters is 1. The van der Waals surface area contributed by atoms with E-state index in [0.29, 0.717) is 0 Å². The summed E-state index contributed by atoms with van der Waals surface area (Å²) in [5.41, 5.74) is -1.22. The molecule has 0 saturated carbocycles. The minimum atomic E-state index is -1.22. The Balaban J connectivity index is 2.79. The van der Waals surface area contributed by atoms with Crippen LogP contribution >= 0.6 is 11.3 Å². The van der Waals surface area contributed by atoms with Crippen molar-refractivity contribution in [1.82, 2.24) is 4.57 Å². The van der Waals surface area contributed by atoms with E-state index in [1.165, 1.54) is 24.6 Å². The van der Waals surface area contributed by atoms with E-state index in [9.17, 15) is 14.4 Å². The Morgan fingerprint density at radius 2 is 2.12 bits per heavy atom. The van der Waals surface area contributed by atoms with Gasteiger partial charge >= 0.3 is 10.8 Å². The fourth-order valence-electron chi connectivity index (χ4n) is 1.19. The van der Waals surface area contributed by atoms with Gasteiger partial charge in [0.1, 0.15) is 5.41 Å². The summed E-state index contributed by atoms with van der Waals surface area (Å²) in [5, 5.41) is 1.60. The third-order valence-electron chi connectivity index (χ3n) is 2.44. The summed E-state index contributed by atoms with van der Waals surface area (Å²) in [4.78, 5) is 34.6. The molecule has 0 bridgehead atoms. The van der Waals surface area contributed by atoms with Crippen LogP contribution < -0.4 is 4.87 Å². The lowest BCUT2D eigenvalue weighted by Gasteiger charge is -2.20. The fourth-order valence-corrected chi connectivity index (χ4v) is 1.77. The first-order valence-corrected chi connectivity index (χ1v) is 6.12. The van der Waals surface area contributed by atoms with Crippen LogP contribution in [-0.2, 0) is 20.9 Å². The Hall–Kier alpha value is -1.43. The summed E-state index contributed by atoms with van der Waals surface area (Å²) in [7, 11) is 0. The summed E-state index contributed by atoms with van der Waals surface area (Å²) in [5.74, 6) is -0.898. The number of thiazole rings is 1. The quantitative estimate of drug-likeness (QED) is 0.584. The second-order valence-electron chi connectivity index (χ2n) is 4.07. The van der Waals surface area contributed by atoms with E-state index in [1.54, 1.807) is 12.3 Å². The highest BCUT2D eigenvalue weighted by atomic mass is 32.1. The minimum absolute atomic E-state index is 0.103. The van der Waals surface area contributed by atoms with Gasteiger partial charge in [-0.2, -0.15) is 0 Å². The molecule has 0 unspecified atom stereocenters. The molecule has 1 aromatic rings. The van der Waals surface area contributed by atoms with Crippen molar-refractivity contribution in [3.05, 3.63) is 21.2 Å². The fraction of sp³-hybridized carbons (Fsp3) is 0.545. The first-order valence-electron chi connectivity index (χ1n) is 5.24. The molecule has 0 aliphatic heterocycles. The van der Waals surface area contributed by atoms with E-state index in [4.69, 9.17) is 4.74 Å². The third-order valence-corrected chi connectivity index (χ3v) is 3.13. The van der Waals surface area contributed by atoms with Gasteiger partial charge in [-0.1, -0.05) is 11.3 Å². The molecule has 0 atom stereocenters. The molecular formula is C11H15NO4S. The average Bonchev–Trinajstić information content (AvgIpc) is 2.64. The molecule has 0 N–H and O–H groups in total. The zero-order chi connectivity index (χ0) is 13.1.